The summed E-state index contributed by atoms with van der Waals surface area (Å²) >= 11 is 0. The summed E-state index contributed by atoms with van der Waals surface area (Å²) in [7, 11) is 0. The Morgan fingerprint density at radius 3 is 2.89 bits per heavy atom. The van der Waals surface area contributed by atoms with Crippen LogP contribution in [0, 0.1) is 11.8 Å². The molecule has 3 rings (SSSR count). The Balaban J connectivity index is 1.96. The highest BCUT2D eigenvalue weighted by atomic mass is 15.1. The van der Waals surface area contributed by atoms with Gasteiger partial charge in [-0.1, -0.05) is 20.3 Å². The fraction of sp³-hybridized carbons (Fsp3) is 0.562. The van der Waals surface area contributed by atoms with Gasteiger partial charge in [0.05, 0.1) is 11.0 Å². The molecule has 0 aliphatic heterocycles. The van der Waals surface area contributed by atoms with Crippen molar-refractivity contribution in [2.24, 2.45) is 11.8 Å². The Labute approximate surface area is 114 Å². The first-order chi connectivity index (χ1) is 9.17. The summed E-state index contributed by atoms with van der Waals surface area (Å²) in [4.78, 5) is 4.74. The Bertz CT molecular complexity index is 585. The summed E-state index contributed by atoms with van der Waals surface area (Å²) < 4.78 is 2.41. The lowest BCUT2D eigenvalue weighted by Gasteiger charge is -2.14. The van der Waals surface area contributed by atoms with Crippen molar-refractivity contribution in [2.75, 3.05) is 5.73 Å². The molecule has 3 nitrogen and oxygen atoms in total. The van der Waals surface area contributed by atoms with Gasteiger partial charge in [-0.25, -0.2) is 4.98 Å². The molecule has 102 valence electrons. The van der Waals surface area contributed by atoms with Gasteiger partial charge in [0.2, 0.25) is 0 Å². The second kappa shape index (κ2) is 4.87. The van der Waals surface area contributed by atoms with E-state index in [1.807, 2.05) is 12.1 Å². The number of fused-ring (bicyclic) bond motifs is 1. The summed E-state index contributed by atoms with van der Waals surface area (Å²) in [5.74, 6) is 2.90. The molecule has 3 heteroatoms. The monoisotopic (exact) mass is 257 g/mol. The average Bonchev–Trinajstić information content (AvgIpc) is 2.94. The minimum absolute atomic E-state index is 0.800. The van der Waals surface area contributed by atoms with E-state index < -0.39 is 0 Å². The molecule has 1 aromatic heterocycles. The van der Waals surface area contributed by atoms with E-state index in [4.69, 9.17) is 10.7 Å². The van der Waals surface area contributed by atoms with E-state index >= 15 is 0 Å². The van der Waals surface area contributed by atoms with E-state index in [1.54, 1.807) is 0 Å². The number of nitrogen functional groups attached to an aromatic ring is 1. The van der Waals surface area contributed by atoms with Crippen LogP contribution >= 0.6 is 0 Å². The molecule has 0 amide bonds. The summed E-state index contributed by atoms with van der Waals surface area (Å²) in [5.41, 5.74) is 8.94. The van der Waals surface area contributed by atoms with Crippen LogP contribution in [-0.4, -0.2) is 9.55 Å². The minimum Gasteiger partial charge on any atom is -0.399 e. The van der Waals surface area contributed by atoms with Crippen LogP contribution in [0.25, 0.3) is 11.0 Å². The molecule has 0 bridgehead atoms. The van der Waals surface area contributed by atoms with Crippen molar-refractivity contribution in [1.82, 2.24) is 9.55 Å². The number of hydrogen-bond acceptors (Lipinski definition) is 2. The van der Waals surface area contributed by atoms with Gasteiger partial charge in [-0.3, -0.25) is 0 Å². The van der Waals surface area contributed by atoms with Gasteiger partial charge in [-0.15, -0.1) is 0 Å². The van der Waals surface area contributed by atoms with Crippen LogP contribution in [0.3, 0.4) is 0 Å². The number of anilines is 1. The molecule has 0 spiro atoms. The van der Waals surface area contributed by atoms with Crippen LogP contribution in [0.1, 0.15) is 38.9 Å². The standard InChI is InChI=1S/C16H23N3/c1-3-16-18-14-9-13(17)6-7-15(14)19(16)10-12-5-4-11(2)8-12/h6-7,9,11-12H,3-5,8,10,17H2,1-2H3. The van der Waals surface area contributed by atoms with Gasteiger partial charge in [0.15, 0.2) is 0 Å². The molecule has 1 aliphatic carbocycles. The third-order valence-electron chi connectivity index (χ3n) is 4.41. The smallest absolute Gasteiger partial charge is 0.109 e. The Hall–Kier alpha value is -1.51. The molecule has 2 aromatic rings. The molecule has 1 saturated carbocycles. The molecule has 19 heavy (non-hydrogen) atoms. The van der Waals surface area contributed by atoms with E-state index in [-0.39, 0.29) is 0 Å². The molecule has 1 aromatic carbocycles. The summed E-state index contributed by atoms with van der Waals surface area (Å²) in [5, 5.41) is 0. The fourth-order valence-corrected chi connectivity index (χ4v) is 3.42. The predicted molar refractivity (Wildman–Crippen MR) is 80.0 cm³/mol. The highest BCUT2D eigenvalue weighted by Crippen LogP contribution is 2.32. The predicted octanol–water partition coefficient (Wildman–Crippen LogP) is 3.62. The average molecular weight is 257 g/mol. The number of imidazole rings is 1. The summed E-state index contributed by atoms with van der Waals surface area (Å²) in [6.07, 6.45) is 5.08. The summed E-state index contributed by atoms with van der Waals surface area (Å²) in [6, 6.07) is 6.09. The normalized spacial score (nSPS) is 23.3. The van der Waals surface area contributed by atoms with Crippen LogP contribution in [0.5, 0.6) is 0 Å². The fourth-order valence-electron chi connectivity index (χ4n) is 3.42. The van der Waals surface area contributed by atoms with Crippen molar-refractivity contribution in [3.63, 3.8) is 0 Å². The number of nitrogens with two attached hydrogens (primary N) is 1. The van der Waals surface area contributed by atoms with Gasteiger partial charge in [0.25, 0.3) is 0 Å². The van der Waals surface area contributed by atoms with E-state index in [1.165, 1.54) is 30.6 Å². The van der Waals surface area contributed by atoms with Gasteiger partial charge >= 0.3 is 0 Å². The first-order valence-corrected chi connectivity index (χ1v) is 7.42. The second-order valence-electron chi connectivity index (χ2n) is 6.02. The highest BCUT2D eigenvalue weighted by Gasteiger charge is 2.23. The van der Waals surface area contributed by atoms with Gasteiger partial charge in [0, 0.05) is 18.7 Å². The lowest BCUT2D eigenvalue weighted by molar-refractivity contribution is 0.439. The Morgan fingerprint density at radius 2 is 2.21 bits per heavy atom. The maximum atomic E-state index is 5.86. The van der Waals surface area contributed by atoms with Gasteiger partial charge in [-0.05, 0) is 42.9 Å². The van der Waals surface area contributed by atoms with Gasteiger partial charge < -0.3 is 10.3 Å². The van der Waals surface area contributed by atoms with Crippen LogP contribution in [0.15, 0.2) is 18.2 Å². The minimum atomic E-state index is 0.800. The van der Waals surface area contributed by atoms with Crippen molar-refractivity contribution in [3.8, 4) is 0 Å². The molecular formula is C16H23N3. The van der Waals surface area contributed by atoms with Crippen molar-refractivity contribution in [2.45, 2.75) is 46.1 Å². The van der Waals surface area contributed by atoms with E-state index in [2.05, 4.69) is 24.5 Å². The van der Waals surface area contributed by atoms with Crippen LogP contribution in [0.4, 0.5) is 5.69 Å². The largest absolute Gasteiger partial charge is 0.399 e. The van der Waals surface area contributed by atoms with E-state index in [0.29, 0.717) is 0 Å². The maximum absolute atomic E-state index is 5.86. The zero-order valence-corrected chi connectivity index (χ0v) is 11.9. The van der Waals surface area contributed by atoms with Crippen molar-refractivity contribution in [1.29, 1.82) is 0 Å². The SMILES string of the molecule is CCc1nc2cc(N)ccc2n1CC1CCC(C)C1. The number of aryl methyl sites for hydroxylation is 1. The third kappa shape index (κ3) is 2.34. The summed E-state index contributed by atoms with van der Waals surface area (Å²) in [6.45, 7) is 5.67. The maximum Gasteiger partial charge on any atom is 0.109 e. The van der Waals surface area contributed by atoms with Crippen molar-refractivity contribution in [3.05, 3.63) is 24.0 Å². The quantitative estimate of drug-likeness (QED) is 0.853. The van der Waals surface area contributed by atoms with Crippen molar-refractivity contribution >= 4 is 16.7 Å². The zero-order valence-electron chi connectivity index (χ0n) is 11.9. The topological polar surface area (TPSA) is 43.8 Å². The zero-order chi connectivity index (χ0) is 13.4. The molecule has 0 radical (unpaired) electrons. The molecule has 1 fully saturated rings. The van der Waals surface area contributed by atoms with E-state index in [0.717, 1.165) is 36.0 Å². The molecule has 1 heterocycles. The Morgan fingerprint density at radius 1 is 1.37 bits per heavy atom. The second-order valence-corrected chi connectivity index (χ2v) is 6.02. The number of nitrogens with zero attached hydrogens (tertiary/aromatic N) is 2. The number of aromatic nitrogens is 2. The van der Waals surface area contributed by atoms with Crippen LogP contribution in [0.2, 0.25) is 0 Å². The first-order valence-electron chi connectivity index (χ1n) is 7.42. The van der Waals surface area contributed by atoms with Crippen LogP contribution in [-0.2, 0) is 13.0 Å². The molecule has 2 N–H and O–H groups in total. The number of hydrogen-bond donors (Lipinski definition) is 1. The highest BCUT2D eigenvalue weighted by molar-refractivity contribution is 5.79. The number of benzene rings is 1. The molecule has 2 atom stereocenters. The molecule has 2 unspecified atom stereocenters. The van der Waals surface area contributed by atoms with Crippen LogP contribution < -0.4 is 5.73 Å². The lowest BCUT2D eigenvalue weighted by atomic mass is 10.1. The lowest BCUT2D eigenvalue weighted by Crippen LogP contribution is -2.10. The molecule has 0 saturated heterocycles. The first kappa shape index (κ1) is 12.5. The van der Waals surface area contributed by atoms with Gasteiger partial charge in [-0.2, -0.15) is 0 Å². The molecular weight excluding hydrogens is 234 g/mol. The number of rotatable bonds is 3. The van der Waals surface area contributed by atoms with Crippen molar-refractivity contribution < 1.29 is 0 Å². The molecule has 1 aliphatic rings. The van der Waals surface area contributed by atoms with E-state index in [9.17, 15) is 0 Å². The Kier molecular flexibility index (Phi) is 3.21. The van der Waals surface area contributed by atoms with Gasteiger partial charge in [0.1, 0.15) is 5.82 Å². The third-order valence-corrected chi connectivity index (χ3v) is 4.41.